The number of nitrogens with zero attached hydrogens (tertiary/aromatic N) is 4. The molecule has 0 N–H and O–H groups in total. The topological polar surface area (TPSA) is 35.2 Å². The van der Waals surface area contributed by atoms with E-state index in [1.54, 1.807) is 0 Å². The van der Waals surface area contributed by atoms with Gasteiger partial charge in [0.1, 0.15) is 5.76 Å². The standard InChI is InChI=1S/C53H36N4O/c1-5-17-46-42(13-1)43-14-2-6-18-47(43)56(46)40-30-36(31-41(32-40)57-48-19-7-3-15-44(48)45-16-4-8-20-49(45)57)38-29-37(33-54-34-38)35-25-27-39(28-26-35)55-50-21-9-11-23-52(50)58-53-24-12-10-22-51(53)55/h1-11,13-23,25-34H,12,24H2. The molecule has 274 valence electrons. The van der Waals surface area contributed by atoms with Gasteiger partial charge in [-0.15, -0.1) is 0 Å². The first-order valence-corrected chi connectivity index (χ1v) is 19.9. The van der Waals surface area contributed by atoms with Gasteiger partial charge in [-0.25, -0.2) is 0 Å². The fourth-order valence-electron chi connectivity index (χ4n) is 9.18. The van der Waals surface area contributed by atoms with Crippen LogP contribution >= 0.6 is 0 Å². The van der Waals surface area contributed by atoms with Crippen LogP contribution < -0.4 is 9.64 Å². The molecule has 4 heterocycles. The number of para-hydroxylation sites is 6. The molecule has 0 radical (unpaired) electrons. The second kappa shape index (κ2) is 13.0. The Hall–Kier alpha value is -7.63. The number of anilines is 2. The minimum absolute atomic E-state index is 0.890. The minimum atomic E-state index is 0.890. The number of benzene rings is 7. The van der Waals surface area contributed by atoms with Crippen molar-refractivity contribution in [3.8, 4) is 39.4 Å². The first kappa shape index (κ1) is 32.6. The summed E-state index contributed by atoms with van der Waals surface area (Å²) >= 11 is 0. The molecule has 1 aliphatic carbocycles. The summed E-state index contributed by atoms with van der Waals surface area (Å²) in [7, 11) is 0. The molecule has 0 saturated heterocycles. The molecule has 1 aliphatic heterocycles. The van der Waals surface area contributed by atoms with Gasteiger partial charge < -0.3 is 18.8 Å². The Balaban J connectivity index is 1.02. The average Bonchev–Trinajstić information content (AvgIpc) is 3.81. The summed E-state index contributed by atoms with van der Waals surface area (Å²) in [4.78, 5) is 7.18. The lowest BCUT2D eigenvalue weighted by Crippen LogP contribution is -2.24. The maximum absolute atomic E-state index is 6.36. The van der Waals surface area contributed by atoms with Crippen molar-refractivity contribution in [1.29, 1.82) is 0 Å². The number of hydrogen-bond donors (Lipinski definition) is 0. The summed E-state index contributed by atoms with van der Waals surface area (Å²) in [6.45, 7) is 0. The molecule has 7 aromatic carbocycles. The highest BCUT2D eigenvalue weighted by Gasteiger charge is 2.28. The molecule has 0 saturated carbocycles. The summed E-state index contributed by atoms with van der Waals surface area (Å²) in [6.07, 6.45) is 10.3. The summed E-state index contributed by atoms with van der Waals surface area (Å²) in [5.41, 5.74) is 14.4. The Labute approximate surface area is 335 Å². The predicted molar refractivity (Wildman–Crippen MR) is 238 cm³/mol. The van der Waals surface area contributed by atoms with Gasteiger partial charge in [-0.1, -0.05) is 103 Å². The van der Waals surface area contributed by atoms with E-state index in [9.17, 15) is 0 Å². The van der Waals surface area contributed by atoms with Crippen molar-refractivity contribution in [2.75, 3.05) is 4.90 Å². The molecule has 0 bridgehead atoms. The van der Waals surface area contributed by atoms with Gasteiger partial charge in [-0.3, -0.25) is 4.98 Å². The van der Waals surface area contributed by atoms with E-state index in [0.717, 1.165) is 75.1 Å². The lowest BCUT2D eigenvalue weighted by Gasteiger charge is -2.35. The van der Waals surface area contributed by atoms with Crippen molar-refractivity contribution in [3.63, 3.8) is 0 Å². The summed E-state index contributed by atoms with van der Waals surface area (Å²) in [5.74, 6) is 1.91. The number of fused-ring (bicyclic) bond motifs is 7. The van der Waals surface area contributed by atoms with Crippen LogP contribution in [0.2, 0.25) is 0 Å². The number of ether oxygens (including phenoxy) is 1. The van der Waals surface area contributed by atoms with Crippen LogP contribution in [-0.4, -0.2) is 14.1 Å². The van der Waals surface area contributed by atoms with Crippen molar-refractivity contribution < 1.29 is 4.74 Å². The van der Waals surface area contributed by atoms with E-state index in [2.05, 4.69) is 190 Å². The van der Waals surface area contributed by atoms with Crippen LogP contribution in [0, 0.1) is 0 Å². The molecule has 0 spiro atoms. The summed E-state index contributed by atoms with van der Waals surface area (Å²) in [5, 5.41) is 4.95. The second-order valence-corrected chi connectivity index (χ2v) is 15.1. The van der Waals surface area contributed by atoms with E-state index in [1.165, 1.54) is 43.6 Å². The fraction of sp³-hybridized carbons (Fsp3) is 0.0377. The van der Waals surface area contributed by atoms with Gasteiger partial charge in [-0.05, 0) is 96.4 Å². The number of aromatic nitrogens is 3. The van der Waals surface area contributed by atoms with Crippen molar-refractivity contribution in [1.82, 2.24) is 14.1 Å². The van der Waals surface area contributed by atoms with Crippen molar-refractivity contribution in [3.05, 3.63) is 206 Å². The highest BCUT2D eigenvalue weighted by molar-refractivity contribution is 6.10. The van der Waals surface area contributed by atoms with Crippen LogP contribution in [0.5, 0.6) is 5.75 Å². The molecule has 5 nitrogen and oxygen atoms in total. The lowest BCUT2D eigenvalue weighted by molar-refractivity contribution is 0.388. The third-order valence-electron chi connectivity index (χ3n) is 11.8. The Morgan fingerprint density at radius 3 is 1.55 bits per heavy atom. The third-order valence-corrected chi connectivity index (χ3v) is 11.8. The highest BCUT2D eigenvalue weighted by atomic mass is 16.5. The molecule has 0 unspecified atom stereocenters. The van der Waals surface area contributed by atoms with Crippen LogP contribution in [0.4, 0.5) is 11.4 Å². The first-order chi connectivity index (χ1) is 28.8. The molecule has 0 amide bonds. The maximum atomic E-state index is 6.36. The van der Waals surface area contributed by atoms with Gasteiger partial charge in [0.25, 0.3) is 0 Å². The number of hydrogen-bond acceptors (Lipinski definition) is 3. The van der Waals surface area contributed by atoms with Crippen LogP contribution in [0.1, 0.15) is 12.8 Å². The summed E-state index contributed by atoms with van der Waals surface area (Å²) in [6, 6.07) is 61.2. The summed E-state index contributed by atoms with van der Waals surface area (Å²) < 4.78 is 11.2. The molecule has 0 atom stereocenters. The zero-order chi connectivity index (χ0) is 38.2. The van der Waals surface area contributed by atoms with Crippen molar-refractivity contribution in [2.24, 2.45) is 0 Å². The SMILES string of the molecule is C1=CC2=C(CC1)Oc1ccccc1N2c1ccc(-c2cncc(-c3cc(-n4c5ccccc5c5ccccc54)cc(-n4c5ccccc5c5ccccc54)c3)c2)cc1. The zero-order valence-electron chi connectivity index (χ0n) is 31.6. The molecule has 10 aromatic rings. The monoisotopic (exact) mass is 744 g/mol. The van der Waals surface area contributed by atoms with Gasteiger partial charge in [-0.2, -0.15) is 0 Å². The molecule has 12 rings (SSSR count). The fourth-order valence-corrected chi connectivity index (χ4v) is 9.18. The smallest absolute Gasteiger partial charge is 0.151 e. The predicted octanol–water partition coefficient (Wildman–Crippen LogP) is 13.7. The van der Waals surface area contributed by atoms with E-state index < -0.39 is 0 Å². The molecular formula is C53H36N4O. The third kappa shape index (κ3) is 5.07. The number of pyridine rings is 1. The molecular weight excluding hydrogens is 709 g/mol. The Kier molecular flexibility index (Phi) is 7.29. The number of allylic oxidation sites excluding steroid dienone is 3. The average molecular weight is 745 g/mol. The minimum Gasteiger partial charge on any atom is -0.457 e. The Morgan fingerprint density at radius 2 is 0.966 bits per heavy atom. The largest absolute Gasteiger partial charge is 0.457 e. The van der Waals surface area contributed by atoms with Crippen LogP contribution in [-0.2, 0) is 0 Å². The van der Waals surface area contributed by atoms with Gasteiger partial charge >= 0.3 is 0 Å². The molecule has 3 aromatic heterocycles. The molecule has 5 heteroatoms. The second-order valence-electron chi connectivity index (χ2n) is 15.1. The first-order valence-electron chi connectivity index (χ1n) is 19.9. The normalized spacial score (nSPS) is 13.7. The van der Waals surface area contributed by atoms with Gasteiger partial charge in [0.15, 0.2) is 5.75 Å². The van der Waals surface area contributed by atoms with E-state index in [1.807, 2.05) is 18.5 Å². The van der Waals surface area contributed by atoms with E-state index >= 15 is 0 Å². The van der Waals surface area contributed by atoms with Crippen LogP contribution in [0.15, 0.2) is 206 Å². The Morgan fingerprint density at radius 1 is 0.448 bits per heavy atom. The van der Waals surface area contributed by atoms with E-state index in [-0.39, 0.29) is 0 Å². The molecule has 0 fully saturated rings. The molecule has 2 aliphatic rings. The Bertz CT molecular complexity index is 3090. The van der Waals surface area contributed by atoms with Crippen molar-refractivity contribution in [2.45, 2.75) is 12.8 Å². The maximum Gasteiger partial charge on any atom is 0.151 e. The van der Waals surface area contributed by atoms with E-state index in [0.29, 0.717) is 0 Å². The van der Waals surface area contributed by atoms with Crippen molar-refractivity contribution >= 4 is 55.0 Å². The van der Waals surface area contributed by atoms with Gasteiger partial charge in [0, 0.05) is 68.5 Å². The van der Waals surface area contributed by atoms with Crippen LogP contribution in [0.3, 0.4) is 0 Å². The van der Waals surface area contributed by atoms with Crippen LogP contribution in [0.25, 0.3) is 77.2 Å². The number of rotatable bonds is 5. The van der Waals surface area contributed by atoms with Gasteiger partial charge in [0.2, 0.25) is 0 Å². The van der Waals surface area contributed by atoms with Gasteiger partial charge in [0.05, 0.1) is 33.5 Å². The lowest BCUT2D eigenvalue weighted by atomic mass is 10.00. The quantitative estimate of drug-likeness (QED) is 0.176. The van der Waals surface area contributed by atoms with E-state index in [4.69, 9.17) is 9.72 Å². The zero-order valence-corrected chi connectivity index (χ0v) is 31.6. The highest BCUT2D eigenvalue weighted by Crippen LogP contribution is 2.45. The molecule has 58 heavy (non-hydrogen) atoms.